The van der Waals surface area contributed by atoms with Gasteiger partial charge >= 0.3 is 0 Å². The summed E-state index contributed by atoms with van der Waals surface area (Å²) < 4.78 is 27.6. The van der Waals surface area contributed by atoms with Crippen molar-refractivity contribution in [2.24, 2.45) is 5.41 Å². The molecule has 1 N–H and O–H groups in total. The van der Waals surface area contributed by atoms with E-state index in [9.17, 15) is 8.42 Å². The van der Waals surface area contributed by atoms with Crippen molar-refractivity contribution in [3.8, 4) is 0 Å². The molecule has 0 bridgehead atoms. The molecule has 1 aromatic carbocycles. The molecule has 0 fully saturated rings. The molecule has 0 atom stereocenters. The molecular weight excluding hydrogens is 270 g/mol. The lowest BCUT2D eigenvalue weighted by Gasteiger charge is -2.21. The monoisotopic (exact) mass is 295 g/mol. The van der Waals surface area contributed by atoms with Gasteiger partial charge in [-0.1, -0.05) is 51.1 Å². The highest BCUT2D eigenvalue weighted by Gasteiger charge is 2.23. The van der Waals surface area contributed by atoms with Crippen LogP contribution >= 0.6 is 0 Å². The molecule has 0 aliphatic heterocycles. The zero-order valence-electron chi connectivity index (χ0n) is 13.2. The van der Waals surface area contributed by atoms with Crippen molar-refractivity contribution in [1.29, 1.82) is 0 Å². The minimum Gasteiger partial charge on any atom is -0.207 e. The second kappa shape index (κ2) is 5.70. The van der Waals surface area contributed by atoms with Crippen molar-refractivity contribution in [2.75, 3.05) is 0 Å². The molecule has 0 heterocycles. The molecule has 0 aliphatic carbocycles. The third-order valence-corrected chi connectivity index (χ3v) is 4.24. The van der Waals surface area contributed by atoms with Gasteiger partial charge in [-0.3, -0.25) is 0 Å². The maximum absolute atomic E-state index is 12.4. The highest BCUT2D eigenvalue weighted by Crippen LogP contribution is 2.22. The predicted molar refractivity (Wildman–Crippen MR) is 85.0 cm³/mol. The zero-order valence-corrected chi connectivity index (χ0v) is 14.0. The normalized spacial score (nSPS) is 13.9. The minimum absolute atomic E-state index is 0.00826. The van der Waals surface area contributed by atoms with Crippen molar-refractivity contribution >= 4 is 16.1 Å². The first-order valence-electron chi connectivity index (χ1n) is 6.73. The molecule has 0 saturated carbocycles. The van der Waals surface area contributed by atoms with E-state index >= 15 is 0 Å². The maximum Gasteiger partial charge on any atom is 0.241 e. The highest BCUT2D eigenvalue weighted by atomic mass is 32.2. The van der Waals surface area contributed by atoms with Crippen LogP contribution in [0.5, 0.6) is 0 Å². The molecule has 0 unspecified atom stereocenters. The van der Waals surface area contributed by atoms with E-state index in [-0.39, 0.29) is 5.41 Å². The Balaban J connectivity index is 3.24. The van der Waals surface area contributed by atoms with Gasteiger partial charge in [-0.05, 0) is 37.8 Å². The Kier molecular flexibility index (Phi) is 4.82. The summed E-state index contributed by atoms with van der Waals surface area (Å²) in [6, 6.07) is 7.04. The van der Waals surface area contributed by atoms with E-state index in [2.05, 4.69) is 25.5 Å². The average molecular weight is 295 g/mol. The van der Waals surface area contributed by atoms with Gasteiger partial charge in [-0.15, -0.1) is 0 Å². The number of hydrogen-bond donors (Lipinski definition) is 1. The van der Waals surface area contributed by atoms with Gasteiger partial charge in [0.05, 0.1) is 4.90 Å². The summed E-state index contributed by atoms with van der Waals surface area (Å²) in [6.07, 6.45) is 3.88. The van der Waals surface area contributed by atoms with E-state index in [0.29, 0.717) is 10.5 Å². The summed E-state index contributed by atoms with van der Waals surface area (Å²) in [5.41, 5.74) is 0.216. The number of sulfonamides is 1. The highest BCUT2D eigenvalue weighted by molar-refractivity contribution is 7.89. The predicted octanol–water partition coefficient (Wildman–Crippen LogP) is 3.82. The Hall–Kier alpha value is -1.13. The van der Waals surface area contributed by atoms with Crippen LogP contribution < -0.4 is 4.72 Å². The first-order chi connectivity index (χ1) is 8.91. The fourth-order valence-electron chi connectivity index (χ4n) is 1.66. The van der Waals surface area contributed by atoms with Crippen molar-refractivity contribution in [3.05, 3.63) is 35.9 Å². The van der Waals surface area contributed by atoms with Crippen LogP contribution in [0.4, 0.5) is 0 Å². The molecule has 20 heavy (non-hydrogen) atoms. The Labute approximate surface area is 123 Å². The summed E-state index contributed by atoms with van der Waals surface area (Å²) in [5, 5.41) is 0. The van der Waals surface area contributed by atoms with Gasteiger partial charge in [0, 0.05) is 5.54 Å². The molecule has 4 heteroatoms. The summed E-state index contributed by atoms with van der Waals surface area (Å²) in [6.45, 7) is 11.7. The van der Waals surface area contributed by atoms with Crippen molar-refractivity contribution < 1.29 is 8.42 Å². The van der Waals surface area contributed by atoms with Crippen molar-refractivity contribution in [2.45, 2.75) is 52.0 Å². The lowest BCUT2D eigenvalue weighted by atomic mass is 9.95. The van der Waals surface area contributed by atoms with E-state index in [1.807, 2.05) is 45.1 Å². The van der Waals surface area contributed by atoms with Crippen molar-refractivity contribution in [1.82, 2.24) is 4.72 Å². The molecule has 0 aromatic heterocycles. The zero-order chi connectivity index (χ0) is 15.6. The van der Waals surface area contributed by atoms with Gasteiger partial charge in [0.25, 0.3) is 0 Å². The van der Waals surface area contributed by atoms with Crippen LogP contribution in [0.1, 0.15) is 47.1 Å². The lowest BCUT2D eigenvalue weighted by molar-refractivity contribution is 0.491. The Morgan fingerprint density at radius 3 is 2.05 bits per heavy atom. The summed E-state index contributed by atoms with van der Waals surface area (Å²) in [7, 11) is -3.52. The number of benzene rings is 1. The Morgan fingerprint density at radius 2 is 1.55 bits per heavy atom. The van der Waals surface area contributed by atoms with E-state index in [1.54, 1.807) is 12.1 Å². The van der Waals surface area contributed by atoms with Gasteiger partial charge < -0.3 is 0 Å². The quantitative estimate of drug-likeness (QED) is 0.921. The second-order valence-electron chi connectivity index (χ2n) is 7.09. The Morgan fingerprint density at radius 1 is 1.00 bits per heavy atom. The molecule has 3 nitrogen and oxygen atoms in total. The molecule has 0 saturated heterocycles. The van der Waals surface area contributed by atoms with Crippen LogP contribution in [0.15, 0.2) is 35.2 Å². The number of allylic oxidation sites excluding steroid dienone is 1. The molecule has 1 rings (SSSR count). The van der Waals surface area contributed by atoms with Crippen LogP contribution in [-0.4, -0.2) is 14.0 Å². The van der Waals surface area contributed by atoms with Crippen LogP contribution in [0, 0.1) is 5.41 Å². The number of rotatable bonds is 3. The van der Waals surface area contributed by atoms with Gasteiger partial charge in [0.15, 0.2) is 0 Å². The fraction of sp³-hybridized carbons (Fsp3) is 0.500. The van der Waals surface area contributed by atoms with E-state index in [1.165, 1.54) is 0 Å². The van der Waals surface area contributed by atoms with Crippen LogP contribution in [0.25, 0.3) is 6.08 Å². The van der Waals surface area contributed by atoms with Gasteiger partial charge in [0.1, 0.15) is 0 Å². The van der Waals surface area contributed by atoms with Crippen LogP contribution in [0.3, 0.4) is 0 Å². The minimum atomic E-state index is -3.52. The van der Waals surface area contributed by atoms with Gasteiger partial charge in [-0.2, -0.15) is 0 Å². The largest absolute Gasteiger partial charge is 0.241 e. The number of hydrogen-bond acceptors (Lipinski definition) is 2. The molecule has 0 amide bonds. The topological polar surface area (TPSA) is 46.2 Å². The molecule has 1 aromatic rings. The SMILES string of the molecule is CC(C)(C)C=Cc1ccccc1S(=O)(=O)NC(C)(C)C. The van der Waals surface area contributed by atoms with E-state index in [0.717, 1.165) is 0 Å². The second-order valence-corrected chi connectivity index (χ2v) is 8.74. The van der Waals surface area contributed by atoms with Crippen LogP contribution in [0.2, 0.25) is 0 Å². The third-order valence-electron chi connectivity index (χ3n) is 2.41. The first kappa shape index (κ1) is 16.9. The summed E-state index contributed by atoms with van der Waals surface area (Å²) in [4.78, 5) is 0.315. The molecule has 0 spiro atoms. The smallest absolute Gasteiger partial charge is 0.207 e. The molecule has 0 aliphatic rings. The number of nitrogens with one attached hydrogen (secondary N) is 1. The fourth-order valence-corrected chi connectivity index (χ4v) is 3.28. The Bertz CT molecular complexity index is 588. The maximum atomic E-state index is 12.4. The summed E-state index contributed by atoms with van der Waals surface area (Å²) >= 11 is 0. The molecular formula is C16H25NO2S. The standard InChI is InChI=1S/C16H25NO2S/c1-15(2,3)12-11-13-9-7-8-10-14(13)20(18,19)17-16(4,5)6/h7-12,17H,1-6H3. The van der Waals surface area contributed by atoms with Gasteiger partial charge in [-0.25, -0.2) is 13.1 Å². The average Bonchev–Trinajstić information content (AvgIpc) is 2.22. The van der Waals surface area contributed by atoms with E-state index in [4.69, 9.17) is 0 Å². The van der Waals surface area contributed by atoms with Gasteiger partial charge in [0.2, 0.25) is 10.0 Å². The van der Waals surface area contributed by atoms with Crippen LogP contribution in [-0.2, 0) is 10.0 Å². The summed E-state index contributed by atoms with van der Waals surface area (Å²) in [5.74, 6) is 0. The molecule has 112 valence electrons. The van der Waals surface area contributed by atoms with Crippen molar-refractivity contribution in [3.63, 3.8) is 0 Å². The van der Waals surface area contributed by atoms with E-state index < -0.39 is 15.6 Å². The molecule has 0 radical (unpaired) electrons. The first-order valence-corrected chi connectivity index (χ1v) is 8.21. The lowest BCUT2D eigenvalue weighted by Crippen LogP contribution is -2.40. The third kappa shape index (κ3) is 5.47.